The van der Waals surface area contributed by atoms with Gasteiger partial charge in [-0.1, -0.05) is 36.0 Å². The maximum atomic E-state index is 14.0. The van der Waals surface area contributed by atoms with E-state index in [-0.39, 0.29) is 17.5 Å². The highest BCUT2D eigenvalue weighted by atomic mass is 32.2. The van der Waals surface area contributed by atoms with Gasteiger partial charge in [-0.15, -0.1) is 0 Å². The molecular formula is C23H24FN5OS. The van der Waals surface area contributed by atoms with E-state index in [4.69, 9.17) is 0 Å². The van der Waals surface area contributed by atoms with Gasteiger partial charge in [0.1, 0.15) is 23.0 Å². The number of thioether (sulfide) groups is 1. The number of para-hydroxylation sites is 1. The van der Waals surface area contributed by atoms with Crippen molar-refractivity contribution in [3.63, 3.8) is 0 Å². The van der Waals surface area contributed by atoms with E-state index in [1.54, 1.807) is 6.07 Å². The third-order valence-corrected chi connectivity index (χ3v) is 6.00. The Morgan fingerprint density at radius 2 is 1.81 bits per heavy atom. The average Bonchev–Trinajstić information content (AvgIpc) is 2.78. The summed E-state index contributed by atoms with van der Waals surface area (Å²) in [5, 5.41) is 3.66. The number of halogens is 1. The van der Waals surface area contributed by atoms with Gasteiger partial charge in [0.25, 0.3) is 0 Å². The number of nitrogens with zero attached hydrogens (tertiary/aromatic N) is 4. The number of hydrogen-bond acceptors (Lipinski definition) is 6. The summed E-state index contributed by atoms with van der Waals surface area (Å²) in [7, 11) is 0. The third-order valence-electron chi connectivity index (χ3n) is 5.08. The molecule has 0 saturated carbocycles. The van der Waals surface area contributed by atoms with Crippen molar-refractivity contribution >= 4 is 34.9 Å². The zero-order valence-electron chi connectivity index (χ0n) is 17.3. The number of amides is 1. The van der Waals surface area contributed by atoms with Crippen molar-refractivity contribution in [1.82, 2.24) is 9.97 Å². The van der Waals surface area contributed by atoms with E-state index in [1.165, 1.54) is 24.2 Å². The molecule has 1 aliphatic rings. The topological polar surface area (TPSA) is 61.4 Å². The van der Waals surface area contributed by atoms with Gasteiger partial charge in [0.2, 0.25) is 5.91 Å². The van der Waals surface area contributed by atoms with E-state index in [0.717, 1.165) is 35.2 Å². The maximum absolute atomic E-state index is 14.0. The van der Waals surface area contributed by atoms with Crippen LogP contribution in [0.3, 0.4) is 0 Å². The normalized spacial score (nSPS) is 13.9. The SMILES string of the molecule is Cc1cccc(NC(=O)CSc2cc(N3CCN(c4ccccc4F)CC3)ncn2)c1. The summed E-state index contributed by atoms with van der Waals surface area (Å²) in [5.74, 6) is 0.825. The minimum absolute atomic E-state index is 0.0748. The van der Waals surface area contributed by atoms with Crippen LogP contribution in [-0.2, 0) is 4.79 Å². The van der Waals surface area contributed by atoms with Crippen LogP contribution in [0.25, 0.3) is 0 Å². The van der Waals surface area contributed by atoms with Gasteiger partial charge in [0, 0.05) is 37.9 Å². The lowest BCUT2D eigenvalue weighted by molar-refractivity contribution is -0.113. The molecular weight excluding hydrogens is 413 g/mol. The van der Waals surface area contributed by atoms with Gasteiger partial charge in [0.15, 0.2) is 0 Å². The van der Waals surface area contributed by atoms with Gasteiger partial charge in [-0.05, 0) is 36.8 Å². The van der Waals surface area contributed by atoms with E-state index in [9.17, 15) is 9.18 Å². The van der Waals surface area contributed by atoms with Gasteiger partial charge < -0.3 is 15.1 Å². The molecule has 160 valence electrons. The molecule has 0 spiro atoms. The first-order chi connectivity index (χ1) is 15.1. The van der Waals surface area contributed by atoms with Crippen molar-refractivity contribution in [3.05, 3.63) is 72.3 Å². The van der Waals surface area contributed by atoms with Gasteiger partial charge >= 0.3 is 0 Å². The van der Waals surface area contributed by atoms with E-state index in [2.05, 4.69) is 25.1 Å². The molecule has 4 rings (SSSR count). The minimum Gasteiger partial charge on any atom is -0.366 e. The smallest absolute Gasteiger partial charge is 0.234 e. The largest absolute Gasteiger partial charge is 0.366 e. The van der Waals surface area contributed by atoms with E-state index in [1.807, 2.05) is 49.4 Å². The number of carbonyl (C=O) groups is 1. The molecule has 6 nitrogen and oxygen atoms in total. The molecule has 0 aliphatic carbocycles. The monoisotopic (exact) mass is 437 g/mol. The molecule has 2 heterocycles. The van der Waals surface area contributed by atoms with Gasteiger partial charge in [-0.2, -0.15) is 0 Å². The number of anilines is 3. The van der Waals surface area contributed by atoms with Crippen LogP contribution in [0.4, 0.5) is 21.6 Å². The molecule has 1 fully saturated rings. The Bertz CT molecular complexity index is 1060. The summed E-state index contributed by atoms with van der Waals surface area (Å²) < 4.78 is 14.0. The van der Waals surface area contributed by atoms with Crippen molar-refractivity contribution in [2.45, 2.75) is 11.9 Å². The quantitative estimate of drug-likeness (QED) is 0.465. The van der Waals surface area contributed by atoms with Crippen LogP contribution in [0.5, 0.6) is 0 Å². The van der Waals surface area contributed by atoms with Crippen molar-refractivity contribution in [2.24, 2.45) is 0 Å². The molecule has 1 N–H and O–H groups in total. The highest BCUT2D eigenvalue weighted by Gasteiger charge is 2.20. The summed E-state index contributed by atoms with van der Waals surface area (Å²) in [4.78, 5) is 25.2. The number of hydrogen-bond donors (Lipinski definition) is 1. The third kappa shape index (κ3) is 5.52. The number of aryl methyl sites for hydroxylation is 1. The number of piperazine rings is 1. The highest BCUT2D eigenvalue weighted by Crippen LogP contribution is 2.24. The van der Waals surface area contributed by atoms with E-state index >= 15 is 0 Å². The van der Waals surface area contributed by atoms with Crippen LogP contribution in [0.1, 0.15) is 5.56 Å². The lowest BCUT2D eigenvalue weighted by atomic mass is 10.2. The van der Waals surface area contributed by atoms with Crippen molar-refractivity contribution in [2.75, 3.05) is 47.0 Å². The first-order valence-electron chi connectivity index (χ1n) is 10.1. The Morgan fingerprint density at radius 3 is 2.58 bits per heavy atom. The number of rotatable bonds is 6. The number of carbonyl (C=O) groups excluding carboxylic acids is 1. The molecule has 1 aliphatic heterocycles. The Hall–Kier alpha value is -3.13. The Morgan fingerprint density at radius 1 is 1.03 bits per heavy atom. The van der Waals surface area contributed by atoms with Crippen LogP contribution in [0.15, 0.2) is 66.0 Å². The molecule has 1 amide bonds. The fraction of sp³-hybridized carbons (Fsp3) is 0.261. The van der Waals surface area contributed by atoms with E-state index in [0.29, 0.717) is 18.8 Å². The molecule has 3 aromatic rings. The standard InChI is InChI=1S/C23H24FN5OS/c1-17-5-4-6-18(13-17)27-22(30)15-31-23-14-21(25-16-26-23)29-11-9-28(10-12-29)20-8-3-2-7-19(20)24/h2-8,13-14,16H,9-12,15H2,1H3,(H,27,30). The molecule has 0 bridgehead atoms. The summed E-state index contributed by atoms with van der Waals surface area (Å²) >= 11 is 1.38. The zero-order valence-corrected chi connectivity index (χ0v) is 18.1. The maximum Gasteiger partial charge on any atom is 0.234 e. The van der Waals surface area contributed by atoms with Crippen LogP contribution < -0.4 is 15.1 Å². The number of aromatic nitrogens is 2. The molecule has 8 heteroatoms. The van der Waals surface area contributed by atoms with Crippen LogP contribution in [0, 0.1) is 12.7 Å². The first-order valence-corrected chi connectivity index (χ1v) is 11.1. The molecule has 1 aromatic heterocycles. The first kappa shape index (κ1) is 21.1. The summed E-state index contributed by atoms with van der Waals surface area (Å²) in [6, 6.07) is 16.5. The van der Waals surface area contributed by atoms with Crippen molar-refractivity contribution < 1.29 is 9.18 Å². The number of benzene rings is 2. The molecule has 0 radical (unpaired) electrons. The summed E-state index contributed by atoms with van der Waals surface area (Å²) in [5.41, 5.74) is 2.53. The van der Waals surface area contributed by atoms with Crippen molar-refractivity contribution in [1.29, 1.82) is 0 Å². The Labute approximate surface area is 185 Å². The second-order valence-electron chi connectivity index (χ2n) is 7.35. The Kier molecular flexibility index (Phi) is 6.66. The molecule has 1 saturated heterocycles. The number of nitrogens with one attached hydrogen (secondary N) is 1. The lowest BCUT2D eigenvalue weighted by Crippen LogP contribution is -2.47. The lowest BCUT2D eigenvalue weighted by Gasteiger charge is -2.36. The Balaban J connectivity index is 1.31. The fourth-order valence-electron chi connectivity index (χ4n) is 3.53. The molecule has 31 heavy (non-hydrogen) atoms. The predicted octanol–water partition coefficient (Wildman–Crippen LogP) is 3.98. The fourth-order valence-corrected chi connectivity index (χ4v) is 4.19. The molecule has 0 unspecified atom stereocenters. The second-order valence-corrected chi connectivity index (χ2v) is 8.34. The second kappa shape index (κ2) is 9.78. The van der Waals surface area contributed by atoms with Gasteiger partial charge in [-0.3, -0.25) is 4.79 Å². The predicted molar refractivity (Wildman–Crippen MR) is 123 cm³/mol. The van der Waals surface area contributed by atoms with Crippen LogP contribution >= 0.6 is 11.8 Å². The van der Waals surface area contributed by atoms with E-state index < -0.39 is 0 Å². The van der Waals surface area contributed by atoms with Gasteiger partial charge in [-0.25, -0.2) is 14.4 Å². The molecule has 0 atom stereocenters. The summed E-state index contributed by atoms with van der Waals surface area (Å²) in [6.07, 6.45) is 1.53. The zero-order chi connectivity index (χ0) is 21.6. The molecule has 2 aromatic carbocycles. The van der Waals surface area contributed by atoms with Crippen LogP contribution in [-0.4, -0.2) is 47.8 Å². The highest BCUT2D eigenvalue weighted by molar-refractivity contribution is 7.99. The van der Waals surface area contributed by atoms with Crippen molar-refractivity contribution in [3.8, 4) is 0 Å². The minimum atomic E-state index is -0.194. The van der Waals surface area contributed by atoms with Gasteiger partial charge in [0.05, 0.1) is 11.4 Å². The summed E-state index contributed by atoms with van der Waals surface area (Å²) in [6.45, 7) is 4.90. The van der Waals surface area contributed by atoms with Crippen LogP contribution in [0.2, 0.25) is 0 Å². The average molecular weight is 438 g/mol.